The van der Waals surface area contributed by atoms with Gasteiger partial charge in [-0.05, 0) is 24.7 Å². The summed E-state index contributed by atoms with van der Waals surface area (Å²) in [6.45, 7) is 0.512. The zero-order valence-corrected chi connectivity index (χ0v) is 6.67. The molecule has 0 atom stereocenters. The minimum Gasteiger partial charge on any atom is -0.465 e. The van der Waals surface area contributed by atoms with Crippen molar-refractivity contribution in [2.45, 2.75) is 19.3 Å². The molecule has 12 heavy (non-hydrogen) atoms. The van der Waals surface area contributed by atoms with Crippen molar-refractivity contribution < 1.29 is 14.7 Å². The maximum absolute atomic E-state index is 10.5. The third-order valence-corrected chi connectivity index (χ3v) is 3.05. The van der Waals surface area contributed by atoms with Crippen LogP contribution >= 0.6 is 0 Å². The summed E-state index contributed by atoms with van der Waals surface area (Å²) < 4.78 is 0. The van der Waals surface area contributed by atoms with E-state index in [9.17, 15) is 9.59 Å². The van der Waals surface area contributed by atoms with Gasteiger partial charge in [-0.25, -0.2) is 4.79 Å². The van der Waals surface area contributed by atoms with E-state index in [4.69, 9.17) is 5.11 Å². The third kappa shape index (κ3) is 0.838. The number of aldehydes is 1. The van der Waals surface area contributed by atoms with E-state index in [1.165, 1.54) is 0 Å². The Morgan fingerprint density at radius 1 is 1.50 bits per heavy atom. The van der Waals surface area contributed by atoms with Gasteiger partial charge >= 0.3 is 6.09 Å². The molecule has 4 nitrogen and oxygen atoms in total. The summed E-state index contributed by atoms with van der Waals surface area (Å²) in [6.07, 6.45) is 2.69. The van der Waals surface area contributed by atoms with Crippen LogP contribution in [0.25, 0.3) is 0 Å². The smallest absolute Gasteiger partial charge is 0.404 e. The van der Waals surface area contributed by atoms with Crippen LogP contribution in [-0.2, 0) is 4.79 Å². The van der Waals surface area contributed by atoms with Gasteiger partial charge in [-0.1, -0.05) is 0 Å². The van der Waals surface area contributed by atoms with Crippen molar-refractivity contribution in [1.82, 2.24) is 5.32 Å². The summed E-state index contributed by atoms with van der Waals surface area (Å²) in [5.74, 6) is 0. The maximum Gasteiger partial charge on any atom is 0.404 e. The number of hydrogen-bond donors (Lipinski definition) is 2. The quantitative estimate of drug-likeness (QED) is 0.609. The van der Waals surface area contributed by atoms with Gasteiger partial charge in [-0.2, -0.15) is 0 Å². The van der Waals surface area contributed by atoms with E-state index in [0.29, 0.717) is 6.54 Å². The average Bonchev–Trinajstić information content (AvgIpc) is 1.82. The molecule has 0 spiro atoms. The van der Waals surface area contributed by atoms with Crippen LogP contribution in [0.2, 0.25) is 0 Å². The Hall–Kier alpha value is -1.06. The standard InChI is InChI=1S/C8H11NO3/c10-5-8-1-7(2-8,3-8)4-9-6(11)12/h5,9H,1-4H2,(H,11,12). The first-order chi connectivity index (χ1) is 5.60. The lowest BCUT2D eigenvalue weighted by molar-refractivity contribution is -0.190. The molecule has 0 aromatic carbocycles. The highest BCUT2D eigenvalue weighted by Gasteiger charge is 2.67. The van der Waals surface area contributed by atoms with Crippen molar-refractivity contribution in [3.8, 4) is 0 Å². The molecular formula is C8H11NO3. The highest BCUT2D eigenvalue weighted by molar-refractivity contribution is 5.67. The van der Waals surface area contributed by atoms with Crippen LogP contribution in [0.5, 0.6) is 0 Å². The van der Waals surface area contributed by atoms with Crippen LogP contribution in [0.3, 0.4) is 0 Å². The second-order valence-electron chi connectivity index (χ2n) is 4.17. The molecule has 0 aromatic heterocycles. The van der Waals surface area contributed by atoms with Crippen LogP contribution in [0.4, 0.5) is 4.79 Å². The largest absolute Gasteiger partial charge is 0.465 e. The molecule has 2 bridgehead atoms. The van der Waals surface area contributed by atoms with Gasteiger partial charge in [0.2, 0.25) is 0 Å². The van der Waals surface area contributed by atoms with E-state index >= 15 is 0 Å². The van der Waals surface area contributed by atoms with Crippen molar-refractivity contribution in [2.24, 2.45) is 10.8 Å². The molecule has 3 fully saturated rings. The number of carboxylic acid groups (broad SMARTS) is 1. The topological polar surface area (TPSA) is 66.4 Å². The van der Waals surface area contributed by atoms with Gasteiger partial charge in [0.05, 0.1) is 0 Å². The molecule has 4 heteroatoms. The van der Waals surface area contributed by atoms with Crippen LogP contribution < -0.4 is 5.32 Å². The first-order valence-corrected chi connectivity index (χ1v) is 4.03. The molecule has 2 N–H and O–H groups in total. The van der Waals surface area contributed by atoms with E-state index in [-0.39, 0.29) is 10.8 Å². The molecular weight excluding hydrogens is 158 g/mol. The summed E-state index contributed by atoms with van der Waals surface area (Å²) in [7, 11) is 0. The predicted molar refractivity (Wildman–Crippen MR) is 40.8 cm³/mol. The summed E-state index contributed by atoms with van der Waals surface area (Å²) in [6, 6.07) is 0. The number of hydrogen-bond acceptors (Lipinski definition) is 2. The molecule has 66 valence electrons. The monoisotopic (exact) mass is 169 g/mol. The van der Waals surface area contributed by atoms with E-state index in [0.717, 1.165) is 25.5 Å². The highest BCUT2D eigenvalue weighted by atomic mass is 16.4. The summed E-state index contributed by atoms with van der Waals surface area (Å²) in [4.78, 5) is 20.7. The van der Waals surface area contributed by atoms with Gasteiger partial charge < -0.3 is 15.2 Å². The number of carbonyl (C=O) groups excluding carboxylic acids is 1. The molecule has 0 aliphatic heterocycles. The highest BCUT2D eigenvalue weighted by Crippen LogP contribution is 2.71. The Labute approximate surface area is 69.9 Å². The molecule has 3 aliphatic carbocycles. The first kappa shape index (κ1) is 7.58. The van der Waals surface area contributed by atoms with E-state index in [1.54, 1.807) is 0 Å². The van der Waals surface area contributed by atoms with Gasteiger partial charge in [0.25, 0.3) is 0 Å². The van der Waals surface area contributed by atoms with Crippen molar-refractivity contribution in [1.29, 1.82) is 0 Å². The first-order valence-electron chi connectivity index (χ1n) is 4.03. The molecule has 3 saturated carbocycles. The van der Waals surface area contributed by atoms with Crippen molar-refractivity contribution in [3.05, 3.63) is 0 Å². The molecule has 0 aromatic rings. The van der Waals surface area contributed by atoms with Crippen molar-refractivity contribution >= 4 is 12.4 Å². The van der Waals surface area contributed by atoms with Gasteiger partial charge in [0.1, 0.15) is 6.29 Å². The Morgan fingerprint density at radius 2 is 2.08 bits per heavy atom. The van der Waals surface area contributed by atoms with Crippen LogP contribution in [0.1, 0.15) is 19.3 Å². The van der Waals surface area contributed by atoms with Gasteiger partial charge in [0, 0.05) is 12.0 Å². The lowest BCUT2D eigenvalue weighted by Crippen LogP contribution is -2.66. The van der Waals surface area contributed by atoms with Crippen molar-refractivity contribution in [3.63, 3.8) is 0 Å². The predicted octanol–water partition coefficient (Wildman–Crippen LogP) is 0.623. The van der Waals surface area contributed by atoms with Crippen LogP contribution in [0, 0.1) is 10.8 Å². The summed E-state index contributed by atoms with van der Waals surface area (Å²) in [5.41, 5.74) is 0.0828. The Balaban J connectivity index is 1.80. The summed E-state index contributed by atoms with van der Waals surface area (Å²) >= 11 is 0. The fraction of sp³-hybridized carbons (Fsp3) is 0.750. The molecule has 0 heterocycles. The minimum atomic E-state index is -0.972. The van der Waals surface area contributed by atoms with Crippen molar-refractivity contribution in [2.75, 3.05) is 6.54 Å². The SMILES string of the molecule is O=CC12CC(CNC(=O)O)(C1)C2. The van der Waals surface area contributed by atoms with Gasteiger partial charge in [-0.3, -0.25) is 0 Å². The maximum atomic E-state index is 10.5. The third-order valence-electron chi connectivity index (χ3n) is 3.05. The number of carbonyl (C=O) groups is 2. The Bertz CT molecular complexity index is 229. The Morgan fingerprint density at radius 3 is 2.50 bits per heavy atom. The number of nitrogens with one attached hydrogen (secondary N) is 1. The number of rotatable bonds is 3. The fourth-order valence-corrected chi connectivity index (χ4v) is 2.66. The second kappa shape index (κ2) is 2.00. The van der Waals surface area contributed by atoms with Gasteiger partial charge in [-0.15, -0.1) is 0 Å². The Kier molecular flexibility index (Phi) is 1.26. The van der Waals surface area contributed by atoms with E-state index in [2.05, 4.69) is 5.32 Å². The fourth-order valence-electron chi connectivity index (χ4n) is 2.66. The second-order valence-corrected chi connectivity index (χ2v) is 4.17. The van der Waals surface area contributed by atoms with E-state index in [1.807, 2.05) is 0 Å². The molecule has 3 rings (SSSR count). The minimum absolute atomic E-state index is 0.0554. The lowest BCUT2D eigenvalue weighted by Gasteiger charge is -2.68. The molecule has 0 unspecified atom stereocenters. The molecule has 3 aliphatic rings. The molecule has 1 amide bonds. The van der Waals surface area contributed by atoms with E-state index < -0.39 is 6.09 Å². The zero-order valence-electron chi connectivity index (χ0n) is 6.67. The zero-order chi connectivity index (χ0) is 8.82. The lowest BCUT2D eigenvalue weighted by atomic mass is 9.36. The molecule has 0 radical (unpaired) electrons. The normalized spacial score (nSPS) is 42.3. The van der Waals surface area contributed by atoms with Gasteiger partial charge in [0.15, 0.2) is 0 Å². The number of amides is 1. The van der Waals surface area contributed by atoms with Crippen LogP contribution in [-0.4, -0.2) is 24.0 Å². The average molecular weight is 169 g/mol. The van der Waals surface area contributed by atoms with Crippen LogP contribution in [0.15, 0.2) is 0 Å². The molecule has 0 saturated heterocycles. The summed E-state index contributed by atoms with van der Waals surface area (Å²) in [5, 5.41) is 10.7.